The molecule has 0 aliphatic carbocycles. The number of esters is 1. The maximum Gasteiger partial charge on any atom is 0.472 e. The molecule has 0 fully saturated rings. The van der Waals surface area contributed by atoms with Crippen LogP contribution in [0, 0.1) is 0 Å². The number of rotatable bonds is 38. The van der Waals surface area contributed by atoms with Crippen LogP contribution in [0.15, 0.2) is 12.2 Å². The van der Waals surface area contributed by atoms with Crippen LogP contribution in [-0.2, 0) is 27.9 Å². The van der Waals surface area contributed by atoms with Gasteiger partial charge in [0, 0.05) is 13.0 Å². The van der Waals surface area contributed by atoms with Gasteiger partial charge in [0.05, 0.1) is 26.4 Å². The molecule has 0 amide bonds. The lowest BCUT2D eigenvalue weighted by atomic mass is 10.0. The normalized spacial score (nSPS) is 14.4. The van der Waals surface area contributed by atoms with Crippen LogP contribution < -0.4 is 0 Å². The van der Waals surface area contributed by atoms with Gasteiger partial charge in [0.2, 0.25) is 0 Å². The minimum atomic E-state index is -4.51. The smallest absolute Gasteiger partial charge is 0.457 e. The Balaban J connectivity index is 4.13. The number of ether oxygens (including phenoxy) is 2. The van der Waals surface area contributed by atoms with Crippen LogP contribution in [0.2, 0.25) is 0 Å². The van der Waals surface area contributed by atoms with Gasteiger partial charge < -0.3 is 24.6 Å². The van der Waals surface area contributed by atoms with Gasteiger partial charge in [-0.25, -0.2) is 4.57 Å². The van der Waals surface area contributed by atoms with Crippen molar-refractivity contribution in [2.75, 3.05) is 33.0 Å². The lowest BCUT2D eigenvalue weighted by molar-refractivity contribution is -0.154. The second kappa shape index (κ2) is 36.0. The highest BCUT2D eigenvalue weighted by Gasteiger charge is 2.26. The fraction of sp³-hybridized carbons (Fsp3) is 0.921. The molecule has 0 aromatic rings. The molecule has 0 aliphatic rings. The first-order valence-corrected chi connectivity index (χ1v) is 21.2. The van der Waals surface area contributed by atoms with Gasteiger partial charge in [-0.2, -0.15) is 0 Å². The average Bonchev–Trinajstić information content (AvgIpc) is 3.07. The third-order valence-corrected chi connectivity index (χ3v) is 9.38. The minimum absolute atomic E-state index is 0.0510. The molecule has 9 nitrogen and oxygen atoms in total. The van der Waals surface area contributed by atoms with Crippen LogP contribution in [0.25, 0.3) is 0 Å². The zero-order valence-corrected chi connectivity index (χ0v) is 31.9. The van der Waals surface area contributed by atoms with E-state index in [1.807, 2.05) is 0 Å². The summed E-state index contributed by atoms with van der Waals surface area (Å²) < 4.78 is 33.2. The van der Waals surface area contributed by atoms with Gasteiger partial charge in [0.15, 0.2) is 0 Å². The molecular weight excluding hydrogens is 631 g/mol. The third kappa shape index (κ3) is 35.0. The number of carbonyl (C=O) groups excluding carboxylic acids is 1. The van der Waals surface area contributed by atoms with E-state index >= 15 is 0 Å². The van der Waals surface area contributed by atoms with E-state index in [1.54, 1.807) is 0 Å². The Labute approximate surface area is 294 Å². The number of allylic oxidation sites excluding steroid dienone is 2. The van der Waals surface area contributed by atoms with Crippen molar-refractivity contribution in [1.82, 2.24) is 0 Å². The predicted octanol–water partition coefficient (Wildman–Crippen LogP) is 10.1. The first-order valence-electron chi connectivity index (χ1n) is 19.7. The van der Waals surface area contributed by atoms with E-state index in [4.69, 9.17) is 23.6 Å². The summed E-state index contributed by atoms with van der Waals surface area (Å²) in [7, 11) is -4.51. The topological polar surface area (TPSA) is 132 Å². The number of hydrogen-bond acceptors (Lipinski definition) is 8. The summed E-state index contributed by atoms with van der Waals surface area (Å²) in [6, 6.07) is 0. The molecule has 3 atom stereocenters. The van der Waals surface area contributed by atoms with Crippen molar-refractivity contribution < 1.29 is 43.0 Å². The zero-order chi connectivity index (χ0) is 35.4. The number of aliphatic hydroxyl groups is 2. The van der Waals surface area contributed by atoms with Crippen LogP contribution in [0.4, 0.5) is 0 Å². The van der Waals surface area contributed by atoms with Gasteiger partial charge in [-0.05, 0) is 32.1 Å². The maximum atomic E-state index is 12.5. The van der Waals surface area contributed by atoms with E-state index in [9.17, 15) is 19.4 Å². The summed E-state index contributed by atoms with van der Waals surface area (Å²) in [6.07, 6.45) is 33.2. The summed E-state index contributed by atoms with van der Waals surface area (Å²) in [6.45, 7) is 3.46. The molecule has 48 heavy (non-hydrogen) atoms. The van der Waals surface area contributed by atoms with Crippen molar-refractivity contribution in [2.45, 2.75) is 193 Å². The van der Waals surface area contributed by atoms with Gasteiger partial charge in [0.1, 0.15) is 12.2 Å². The molecule has 0 rings (SSSR count). The fourth-order valence-corrected chi connectivity index (χ4v) is 6.21. The van der Waals surface area contributed by atoms with Crippen LogP contribution >= 0.6 is 7.82 Å². The predicted molar refractivity (Wildman–Crippen MR) is 196 cm³/mol. The van der Waals surface area contributed by atoms with Crippen LogP contribution in [0.1, 0.15) is 181 Å². The molecule has 0 saturated carbocycles. The first kappa shape index (κ1) is 47.2. The molecule has 0 radical (unpaired) electrons. The molecule has 0 aromatic heterocycles. The van der Waals surface area contributed by atoms with E-state index in [2.05, 4.69) is 26.0 Å². The maximum absolute atomic E-state index is 12.5. The number of unbranched alkanes of at least 4 members (excludes halogenated alkanes) is 22. The quantitative estimate of drug-likeness (QED) is 0.0248. The molecular formula is C38H75O9P. The second-order valence-electron chi connectivity index (χ2n) is 13.3. The largest absolute Gasteiger partial charge is 0.472 e. The second-order valence-corrected chi connectivity index (χ2v) is 14.8. The monoisotopic (exact) mass is 707 g/mol. The molecule has 0 heterocycles. The molecule has 0 aromatic carbocycles. The van der Waals surface area contributed by atoms with Gasteiger partial charge in [-0.1, -0.05) is 154 Å². The molecule has 10 heteroatoms. The number of aliphatic hydroxyl groups excluding tert-OH is 2. The number of carbonyl (C=O) groups is 1. The number of phosphoric acid groups is 1. The number of hydrogen-bond donors (Lipinski definition) is 3. The minimum Gasteiger partial charge on any atom is -0.457 e. The zero-order valence-electron chi connectivity index (χ0n) is 31.0. The van der Waals surface area contributed by atoms with E-state index in [0.717, 1.165) is 57.8 Å². The van der Waals surface area contributed by atoms with E-state index in [-0.39, 0.29) is 19.6 Å². The molecule has 0 spiro atoms. The highest BCUT2D eigenvalue weighted by molar-refractivity contribution is 7.47. The molecule has 0 saturated heterocycles. The Bertz CT molecular complexity index is 764. The van der Waals surface area contributed by atoms with E-state index < -0.39 is 39.2 Å². The Morgan fingerprint density at radius 3 is 1.65 bits per heavy atom. The molecule has 0 bridgehead atoms. The third-order valence-electron chi connectivity index (χ3n) is 8.43. The molecule has 286 valence electrons. The van der Waals surface area contributed by atoms with Gasteiger partial charge in [0.25, 0.3) is 0 Å². The van der Waals surface area contributed by atoms with Crippen molar-refractivity contribution >= 4 is 13.8 Å². The Kier molecular flexibility index (Phi) is 35.4. The lowest BCUT2D eigenvalue weighted by Crippen LogP contribution is -2.29. The van der Waals surface area contributed by atoms with E-state index in [0.29, 0.717) is 6.61 Å². The standard InChI is InChI=1S/C38H75O9P/c1-3-5-7-9-11-13-15-16-17-18-19-20-21-23-25-27-29-31-44-34-37(35-46-48(42,43)45-33-36(40)32-39)47-38(41)30-28-26-24-22-14-12-10-8-6-4-2/h8,10,36-37,39-40H,3-7,9,11-35H2,1-2H3,(H,42,43)/b10-8-. The number of phosphoric ester groups is 1. The van der Waals surface area contributed by atoms with Gasteiger partial charge in [-0.3, -0.25) is 13.8 Å². The van der Waals surface area contributed by atoms with Gasteiger partial charge >= 0.3 is 13.8 Å². The summed E-state index contributed by atoms with van der Waals surface area (Å²) >= 11 is 0. The highest BCUT2D eigenvalue weighted by atomic mass is 31.2. The van der Waals surface area contributed by atoms with Crippen molar-refractivity contribution in [3.8, 4) is 0 Å². The fourth-order valence-electron chi connectivity index (χ4n) is 5.42. The Hall–Kier alpha value is -0.800. The summed E-state index contributed by atoms with van der Waals surface area (Å²) in [5.74, 6) is -0.392. The van der Waals surface area contributed by atoms with Crippen LogP contribution in [0.3, 0.4) is 0 Å². The van der Waals surface area contributed by atoms with Crippen LogP contribution in [0.5, 0.6) is 0 Å². The summed E-state index contributed by atoms with van der Waals surface area (Å²) in [4.78, 5) is 22.4. The molecule has 3 unspecified atom stereocenters. The SMILES string of the molecule is CCC/C=C\CCCCCCCC(=O)OC(COCCCCCCCCCCCCCCCCCCC)COP(=O)(O)OCC(O)CO. The lowest BCUT2D eigenvalue weighted by Gasteiger charge is -2.20. The Morgan fingerprint density at radius 1 is 0.625 bits per heavy atom. The molecule has 3 N–H and O–H groups in total. The van der Waals surface area contributed by atoms with Crippen molar-refractivity contribution in [2.24, 2.45) is 0 Å². The van der Waals surface area contributed by atoms with Crippen molar-refractivity contribution in [3.63, 3.8) is 0 Å². The van der Waals surface area contributed by atoms with Crippen molar-refractivity contribution in [1.29, 1.82) is 0 Å². The van der Waals surface area contributed by atoms with Crippen molar-refractivity contribution in [3.05, 3.63) is 12.2 Å². The molecule has 0 aliphatic heterocycles. The van der Waals surface area contributed by atoms with E-state index in [1.165, 1.54) is 103 Å². The highest BCUT2D eigenvalue weighted by Crippen LogP contribution is 2.43. The summed E-state index contributed by atoms with van der Waals surface area (Å²) in [5, 5.41) is 18.3. The Morgan fingerprint density at radius 2 is 1.10 bits per heavy atom. The average molecular weight is 707 g/mol. The first-order chi connectivity index (χ1) is 23.3. The van der Waals surface area contributed by atoms with Crippen LogP contribution in [-0.4, -0.2) is 66.3 Å². The summed E-state index contributed by atoms with van der Waals surface area (Å²) in [5.41, 5.74) is 0. The van der Waals surface area contributed by atoms with Gasteiger partial charge in [-0.15, -0.1) is 0 Å².